The summed E-state index contributed by atoms with van der Waals surface area (Å²) in [5, 5.41) is 6.85. The molecule has 0 aromatic carbocycles. The van der Waals surface area contributed by atoms with Gasteiger partial charge in [-0.25, -0.2) is 0 Å². The van der Waals surface area contributed by atoms with Gasteiger partial charge in [0.25, 0.3) is 5.91 Å². The first-order chi connectivity index (χ1) is 8.70. The number of carbonyl (C=O) groups excluding carboxylic acids is 1. The standard InChI is InChI=1S/C12H12ClNO2S2/c1-16-9(8-4-5-17-7-8)6-14-12(15)10-2-3-11(13)18-10/h2-5,7,9H,6H2,1H3,(H,14,15). The van der Waals surface area contributed by atoms with Gasteiger partial charge in [0.15, 0.2) is 0 Å². The van der Waals surface area contributed by atoms with Crippen LogP contribution in [0, 0.1) is 0 Å². The number of carbonyl (C=O) groups is 1. The molecule has 2 aromatic rings. The van der Waals surface area contributed by atoms with Crippen LogP contribution in [0.15, 0.2) is 29.0 Å². The lowest BCUT2D eigenvalue weighted by Gasteiger charge is -2.14. The number of nitrogens with one attached hydrogen (secondary N) is 1. The van der Waals surface area contributed by atoms with Crippen molar-refractivity contribution in [3.05, 3.63) is 43.7 Å². The molecule has 0 spiro atoms. The van der Waals surface area contributed by atoms with Crippen LogP contribution in [0.2, 0.25) is 4.34 Å². The third-order valence-corrected chi connectivity index (χ3v) is 4.38. The number of ether oxygens (including phenoxy) is 1. The van der Waals surface area contributed by atoms with E-state index in [1.807, 2.05) is 16.8 Å². The van der Waals surface area contributed by atoms with E-state index in [1.54, 1.807) is 30.6 Å². The van der Waals surface area contributed by atoms with Crippen LogP contribution in [0.5, 0.6) is 0 Å². The maximum absolute atomic E-state index is 11.8. The Balaban J connectivity index is 1.92. The van der Waals surface area contributed by atoms with Crippen LogP contribution in [0.4, 0.5) is 0 Å². The first-order valence-corrected chi connectivity index (χ1v) is 7.43. The van der Waals surface area contributed by atoms with E-state index in [1.165, 1.54) is 11.3 Å². The molecular weight excluding hydrogens is 290 g/mol. The summed E-state index contributed by atoms with van der Waals surface area (Å²) in [5.74, 6) is -0.121. The normalized spacial score (nSPS) is 12.3. The second kappa shape index (κ2) is 6.33. The smallest absolute Gasteiger partial charge is 0.261 e. The molecule has 0 aliphatic heterocycles. The van der Waals surface area contributed by atoms with Gasteiger partial charge < -0.3 is 10.1 Å². The summed E-state index contributed by atoms with van der Waals surface area (Å²) in [6.45, 7) is 0.446. The zero-order valence-electron chi connectivity index (χ0n) is 9.68. The van der Waals surface area contributed by atoms with Gasteiger partial charge in [-0.1, -0.05) is 11.6 Å². The molecule has 2 heterocycles. The monoisotopic (exact) mass is 301 g/mol. The van der Waals surface area contributed by atoms with Crippen molar-refractivity contribution in [3.63, 3.8) is 0 Å². The van der Waals surface area contributed by atoms with Gasteiger partial charge in [0, 0.05) is 13.7 Å². The molecule has 0 saturated carbocycles. The Labute approximate surface area is 118 Å². The minimum absolute atomic E-state index is 0.115. The van der Waals surface area contributed by atoms with E-state index < -0.39 is 0 Å². The molecule has 0 fully saturated rings. The lowest BCUT2D eigenvalue weighted by Crippen LogP contribution is -2.28. The highest BCUT2D eigenvalue weighted by Gasteiger charge is 2.14. The lowest BCUT2D eigenvalue weighted by molar-refractivity contribution is 0.0832. The van der Waals surface area contributed by atoms with Gasteiger partial charge in [0.05, 0.1) is 9.21 Å². The van der Waals surface area contributed by atoms with Crippen molar-refractivity contribution in [3.8, 4) is 0 Å². The second-order valence-corrected chi connectivity index (χ2v) is 6.09. The summed E-state index contributed by atoms with van der Waals surface area (Å²) < 4.78 is 5.97. The number of halogens is 1. The third-order valence-electron chi connectivity index (χ3n) is 2.44. The molecule has 18 heavy (non-hydrogen) atoms. The van der Waals surface area contributed by atoms with Crippen LogP contribution in [0.1, 0.15) is 21.3 Å². The molecule has 0 saturated heterocycles. The van der Waals surface area contributed by atoms with Crippen molar-refractivity contribution in [1.29, 1.82) is 0 Å². The molecule has 2 rings (SSSR count). The summed E-state index contributed by atoms with van der Waals surface area (Å²) >= 11 is 8.67. The molecule has 1 amide bonds. The van der Waals surface area contributed by atoms with Crippen molar-refractivity contribution < 1.29 is 9.53 Å². The summed E-state index contributed by atoms with van der Waals surface area (Å²) in [7, 11) is 1.64. The van der Waals surface area contributed by atoms with E-state index in [0.717, 1.165) is 5.56 Å². The number of rotatable bonds is 5. The number of hydrogen-bond acceptors (Lipinski definition) is 4. The predicted molar refractivity (Wildman–Crippen MR) is 75.7 cm³/mol. The highest BCUT2D eigenvalue weighted by molar-refractivity contribution is 7.18. The minimum atomic E-state index is -0.121. The fourth-order valence-corrected chi connectivity index (χ4v) is 3.17. The van der Waals surface area contributed by atoms with Crippen LogP contribution in [-0.2, 0) is 4.74 Å². The van der Waals surface area contributed by atoms with Crippen LogP contribution in [0.3, 0.4) is 0 Å². The topological polar surface area (TPSA) is 38.3 Å². The average Bonchev–Trinajstić information content (AvgIpc) is 3.01. The zero-order chi connectivity index (χ0) is 13.0. The van der Waals surface area contributed by atoms with Crippen LogP contribution in [-0.4, -0.2) is 19.6 Å². The maximum atomic E-state index is 11.8. The summed E-state index contributed by atoms with van der Waals surface area (Å²) in [4.78, 5) is 12.4. The Morgan fingerprint density at radius 2 is 2.33 bits per heavy atom. The van der Waals surface area contributed by atoms with Crippen molar-refractivity contribution >= 4 is 40.2 Å². The van der Waals surface area contributed by atoms with Gasteiger partial charge in [-0.15, -0.1) is 11.3 Å². The highest BCUT2D eigenvalue weighted by atomic mass is 35.5. The van der Waals surface area contributed by atoms with Gasteiger partial charge >= 0.3 is 0 Å². The highest BCUT2D eigenvalue weighted by Crippen LogP contribution is 2.22. The van der Waals surface area contributed by atoms with Crippen LogP contribution < -0.4 is 5.32 Å². The first-order valence-electron chi connectivity index (χ1n) is 5.29. The van der Waals surface area contributed by atoms with E-state index in [9.17, 15) is 4.79 Å². The molecule has 0 aliphatic rings. The Hall–Kier alpha value is -0.880. The van der Waals surface area contributed by atoms with Crippen molar-refractivity contribution in [1.82, 2.24) is 5.32 Å². The molecule has 0 radical (unpaired) electrons. The van der Waals surface area contributed by atoms with Gasteiger partial charge in [-0.3, -0.25) is 4.79 Å². The minimum Gasteiger partial charge on any atom is -0.375 e. The van der Waals surface area contributed by atoms with E-state index in [4.69, 9.17) is 16.3 Å². The molecule has 0 bridgehead atoms. The van der Waals surface area contributed by atoms with E-state index in [-0.39, 0.29) is 12.0 Å². The van der Waals surface area contributed by atoms with E-state index in [2.05, 4.69) is 5.32 Å². The molecule has 1 N–H and O–H groups in total. The molecule has 2 aromatic heterocycles. The predicted octanol–water partition coefficient (Wildman–Crippen LogP) is 3.58. The molecule has 3 nitrogen and oxygen atoms in total. The summed E-state index contributed by atoms with van der Waals surface area (Å²) in [6, 6.07) is 5.43. The SMILES string of the molecule is COC(CNC(=O)c1ccc(Cl)s1)c1ccsc1. The maximum Gasteiger partial charge on any atom is 0.261 e. The fraction of sp³-hybridized carbons (Fsp3) is 0.250. The lowest BCUT2D eigenvalue weighted by atomic mass is 10.2. The van der Waals surface area contributed by atoms with Gasteiger partial charge in [0.2, 0.25) is 0 Å². The van der Waals surface area contributed by atoms with Gasteiger partial charge in [-0.2, -0.15) is 11.3 Å². The Bertz CT molecular complexity index is 510. The molecule has 1 unspecified atom stereocenters. The van der Waals surface area contributed by atoms with E-state index in [0.29, 0.717) is 15.8 Å². The van der Waals surface area contributed by atoms with Gasteiger partial charge in [-0.05, 0) is 34.5 Å². The van der Waals surface area contributed by atoms with Crippen LogP contribution >= 0.6 is 34.3 Å². The average molecular weight is 302 g/mol. The number of amides is 1. The second-order valence-electron chi connectivity index (χ2n) is 3.59. The number of thiophene rings is 2. The van der Waals surface area contributed by atoms with Gasteiger partial charge in [0.1, 0.15) is 6.10 Å². The Morgan fingerprint density at radius 3 is 2.89 bits per heavy atom. The number of methoxy groups -OCH3 is 1. The Kier molecular flexibility index (Phi) is 4.77. The quantitative estimate of drug-likeness (QED) is 0.916. The summed E-state index contributed by atoms with van der Waals surface area (Å²) in [5.41, 5.74) is 1.08. The van der Waals surface area contributed by atoms with Crippen molar-refractivity contribution in [2.45, 2.75) is 6.10 Å². The Morgan fingerprint density at radius 1 is 1.50 bits per heavy atom. The first kappa shape index (κ1) is 13.5. The molecule has 96 valence electrons. The fourth-order valence-electron chi connectivity index (χ4n) is 1.50. The molecule has 0 aliphatic carbocycles. The third kappa shape index (κ3) is 3.32. The number of hydrogen-bond donors (Lipinski definition) is 1. The zero-order valence-corrected chi connectivity index (χ0v) is 12.1. The van der Waals surface area contributed by atoms with Crippen molar-refractivity contribution in [2.24, 2.45) is 0 Å². The summed E-state index contributed by atoms with van der Waals surface area (Å²) in [6.07, 6.45) is -0.115. The van der Waals surface area contributed by atoms with E-state index >= 15 is 0 Å². The molecular formula is C12H12ClNO2S2. The molecule has 1 atom stereocenters. The van der Waals surface area contributed by atoms with Crippen LogP contribution in [0.25, 0.3) is 0 Å². The molecule has 6 heteroatoms. The van der Waals surface area contributed by atoms with Crippen molar-refractivity contribution in [2.75, 3.05) is 13.7 Å². The largest absolute Gasteiger partial charge is 0.375 e.